The summed E-state index contributed by atoms with van der Waals surface area (Å²) in [6.45, 7) is 2.09. The number of hydrogen-bond donors (Lipinski definition) is 0. The quantitative estimate of drug-likeness (QED) is 0.606. The minimum absolute atomic E-state index is 0.158. The fourth-order valence-corrected chi connectivity index (χ4v) is 2.75. The Morgan fingerprint density at radius 1 is 1.11 bits per heavy atom. The van der Waals surface area contributed by atoms with Gasteiger partial charge in [0.25, 0.3) is 5.69 Å². The Balaban J connectivity index is 2.15. The highest BCUT2D eigenvalue weighted by molar-refractivity contribution is 5.76. The second kappa shape index (κ2) is 4.39. The van der Waals surface area contributed by atoms with E-state index in [9.17, 15) is 10.1 Å². The van der Waals surface area contributed by atoms with Crippen LogP contribution in [-0.4, -0.2) is 11.0 Å². The van der Waals surface area contributed by atoms with Crippen LogP contribution in [0.1, 0.15) is 12.5 Å². The van der Waals surface area contributed by atoms with Crippen LogP contribution < -0.4 is 4.90 Å². The van der Waals surface area contributed by atoms with Crippen molar-refractivity contribution in [2.24, 2.45) is 0 Å². The van der Waals surface area contributed by atoms with Crippen LogP contribution in [0, 0.1) is 10.1 Å². The molecule has 1 atom stereocenters. The van der Waals surface area contributed by atoms with Crippen LogP contribution in [0.3, 0.4) is 0 Å². The third-order valence-corrected chi connectivity index (χ3v) is 3.55. The number of nitro groups is 1. The molecule has 4 heteroatoms. The molecule has 0 saturated carbocycles. The summed E-state index contributed by atoms with van der Waals surface area (Å²) in [6.07, 6.45) is 0.919. The van der Waals surface area contributed by atoms with Crippen LogP contribution >= 0.6 is 0 Å². The molecule has 96 valence electrons. The molecular formula is C15H14N2O2. The average molecular weight is 254 g/mol. The Kier molecular flexibility index (Phi) is 2.71. The minimum Gasteiger partial charge on any atom is -0.332 e. The molecule has 19 heavy (non-hydrogen) atoms. The lowest BCUT2D eigenvalue weighted by atomic mass is 10.1. The van der Waals surface area contributed by atoms with Crippen molar-refractivity contribution in [2.75, 3.05) is 4.90 Å². The van der Waals surface area contributed by atoms with Gasteiger partial charge in [-0.25, -0.2) is 0 Å². The lowest BCUT2D eigenvalue weighted by Crippen LogP contribution is -2.24. The first kappa shape index (κ1) is 11.7. The van der Waals surface area contributed by atoms with E-state index in [0.717, 1.165) is 12.1 Å². The van der Waals surface area contributed by atoms with Crippen LogP contribution in [0.4, 0.5) is 17.1 Å². The number of hydrogen-bond acceptors (Lipinski definition) is 3. The molecule has 0 N–H and O–H groups in total. The zero-order valence-corrected chi connectivity index (χ0v) is 10.6. The van der Waals surface area contributed by atoms with Crippen molar-refractivity contribution >= 4 is 17.1 Å². The van der Waals surface area contributed by atoms with Crippen molar-refractivity contribution in [1.82, 2.24) is 0 Å². The van der Waals surface area contributed by atoms with Gasteiger partial charge in [0.15, 0.2) is 0 Å². The molecular weight excluding hydrogens is 240 g/mol. The maximum absolute atomic E-state index is 11.2. The monoisotopic (exact) mass is 254 g/mol. The van der Waals surface area contributed by atoms with E-state index in [4.69, 9.17) is 0 Å². The van der Waals surface area contributed by atoms with E-state index in [1.807, 2.05) is 30.3 Å². The van der Waals surface area contributed by atoms with Gasteiger partial charge in [-0.3, -0.25) is 10.1 Å². The van der Waals surface area contributed by atoms with E-state index < -0.39 is 0 Å². The fourth-order valence-electron chi connectivity index (χ4n) is 2.75. The second-order valence-electron chi connectivity index (χ2n) is 4.80. The molecule has 4 nitrogen and oxygen atoms in total. The Morgan fingerprint density at radius 3 is 2.47 bits per heavy atom. The van der Waals surface area contributed by atoms with Crippen LogP contribution in [0.5, 0.6) is 0 Å². The highest BCUT2D eigenvalue weighted by Gasteiger charge is 2.30. The summed E-state index contributed by atoms with van der Waals surface area (Å²) in [5.74, 6) is 0. The Hall–Kier alpha value is -2.36. The molecule has 0 aromatic heterocycles. The number of fused-ring (bicyclic) bond motifs is 1. The Labute approximate surface area is 111 Å². The maximum atomic E-state index is 11.2. The summed E-state index contributed by atoms with van der Waals surface area (Å²) in [6, 6.07) is 15.2. The smallest absolute Gasteiger partial charge is 0.292 e. The van der Waals surface area contributed by atoms with Gasteiger partial charge >= 0.3 is 0 Å². The molecule has 0 radical (unpaired) electrons. The predicted molar refractivity (Wildman–Crippen MR) is 74.8 cm³/mol. The summed E-state index contributed by atoms with van der Waals surface area (Å²) in [7, 11) is 0. The normalized spacial score (nSPS) is 17.3. The third-order valence-electron chi connectivity index (χ3n) is 3.55. The molecule has 0 spiro atoms. The van der Waals surface area contributed by atoms with Crippen molar-refractivity contribution in [1.29, 1.82) is 0 Å². The predicted octanol–water partition coefficient (Wildman–Crippen LogP) is 3.68. The van der Waals surface area contributed by atoms with Gasteiger partial charge in [0.2, 0.25) is 0 Å². The van der Waals surface area contributed by atoms with Crippen molar-refractivity contribution in [3.8, 4) is 0 Å². The van der Waals surface area contributed by atoms with E-state index >= 15 is 0 Å². The highest BCUT2D eigenvalue weighted by atomic mass is 16.6. The number of nitrogens with zero attached hydrogens (tertiary/aromatic N) is 2. The van der Waals surface area contributed by atoms with Crippen LogP contribution in [-0.2, 0) is 6.42 Å². The topological polar surface area (TPSA) is 46.4 Å². The molecule has 0 saturated heterocycles. The van der Waals surface area contributed by atoms with Gasteiger partial charge in [0.1, 0.15) is 5.69 Å². The van der Waals surface area contributed by atoms with E-state index in [0.29, 0.717) is 5.69 Å². The van der Waals surface area contributed by atoms with Crippen molar-refractivity contribution in [2.45, 2.75) is 19.4 Å². The van der Waals surface area contributed by atoms with Gasteiger partial charge in [-0.1, -0.05) is 30.3 Å². The molecule has 2 aromatic carbocycles. The Morgan fingerprint density at radius 2 is 1.74 bits per heavy atom. The molecule has 2 aromatic rings. The first-order valence-corrected chi connectivity index (χ1v) is 6.29. The van der Waals surface area contributed by atoms with Crippen LogP contribution in [0.15, 0.2) is 48.5 Å². The summed E-state index contributed by atoms with van der Waals surface area (Å²) in [5, 5.41) is 11.2. The van der Waals surface area contributed by atoms with E-state index in [1.54, 1.807) is 12.1 Å². The summed E-state index contributed by atoms with van der Waals surface area (Å²) < 4.78 is 0. The van der Waals surface area contributed by atoms with Crippen LogP contribution in [0.25, 0.3) is 0 Å². The minimum atomic E-state index is -0.316. The summed E-state index contributed by atoms with van der Waals surface area (Å²) in [4.78, 5) is 12.9. The number of para-hydroxylation sites is 3. The average Bonchev–Trinajstić information content (AvgIpc) is 2.74. The fraction of sp³-hybridized carbons (Fsp3) is 0.200. The van der Waals surface area contributed by atoms with Gasteiger partial charge in [-0.15, -0.1) is 0 Å². The number of benzene rings is 2. The molecule has 0 aliphatic carbocycles. The molecule has 1 aliphatic rings. The van der Waals surface area contributed by atoms with Gasteiger partial charge in [0, 0.05) is 17.8 Å². The number of rotatable bonds is 2. The van der Waals surface area contributed by atoms with Gasteiger partial charge < -0.3 is 4.90 Å². The zero-order valence-electron chi connectivity index (χ0n) is 10.6. The number of anilines is 2. The molecule has 0 fully saturated rings. The first-order valence-electron chi connectivity index (χ1n) is 6.29. The van der Waals surface area contributed by atoms with Crippen molar-refractivity contribution in [3.05, 3.63) is 64.2 Å². The zero-order chi connectivity index (χ0) is 13.4. The lowest BCUT2D eigenvalue weighted by molar-refractivity contribution is -0.384. The van der Waals surface area contributed by atoms with Crippen LogP contribution in [0.2, 0.25) is 0 Å². The molecule has 3 rings (SSSR count). The summed E-state index contributed by atoms with van der Waals surface area (Å²) in [5.41, 5.74) is 3.15. The van der Waals surface area contributed by atoms with E-state index in [-0.39, 0.29) is 16.7 Å². The van der Waals surface area contributed by atoms with Gasteiger partial charge in [0.05, 0.1) is 4.92 Å². The molecule has 1 heterocycles. The van der Waals surface area contributed by atoms with Gasteiger partial charge in [-0.2, -0.15) is 0 Å². The SMILES string of the molecule is CC1Cc2ccccc2N1c1ccccc1[N+](=O)[O-]. The Bertz CT molecular complexity index is 640. The third kappa shape index (κ3) is 1.85. The van der Waals surface area contributed by atoms with Crippen molar-refractivity contribution < 1.29 is 4.92 Å². The largest absolute Gasteiger partial charge is 0.332 e. The van der Waals surface area contributed by atoms with E-state index in [2.05, 4.69) is 17.9 Å². The molecule has 1 aliphatic heterocycles. The lowest BCUT2D eigenvalue weighted by Gasteiger charge is -2.24. The second-order valence-corrected chi connectivity index (χ2v) is 4.80. The van der Waals surface area contributed by atoms with E-state index in [1.165, 1.54) is 5.56 Å². The van der Waals surface area contributed by atoms with Crippen molar-refractivity contribution in [3.63, 3.8) is 0 Å². The molecule has 0 bridgehead atoms. The summed E-state index contributed by atoms with van der Waals surface area (Å²) >= 11 is 0. The molecule has 0 amide bonds. The van der Waals surface area contributed by atoms with Gasteiger partial charge in [-0.05, 0) is 31.0 Å². The standard InChI is InChI=1S/C15H14N2O2/c1-11-10-12-6-2-3-7-13(12)16(11)14-8-4-5-9-15(14)17(18)19/h2-9,11H,10H2,1H3. The molecule has 1 unspecified atom stereocenters. The first-order chi connectivity index (χ1) is 9.18. The maximum Gasteiger partial charge on any atom is 0.292 e. The number of nitro benzene ring substituents is 1. The highest BCUT2D eigenvalue weighted by Crippen LogP contribution is 2.41.